The predicted octanol–water partition coefficient (Wildman–Crippen LogP) is 1.64. The molecule has 0 radical (unpaired) electrons. The van der Waals surface area contributed by atoms with Crippen molar-refractivity contribution in [3.05, 3.63) is 63.1 Å². The van der Waals surface area contributed by atoms with E-state index in [9.17, 15) is 24.0 Å². The summed E-state index contributed by atoms with van der Waals surface area (Å²) < 4.78 is 12.5. The van der Waals surface area contributed by atoms with Gasteiger partial charge in [0, 0.05) is 37.8 Å². The van der Waals surface area contributed by atoms with Gasteiger partial charge in [-0.15, -0.1) is 0 Å². The summed E-state index contributed by atoms with van der Waals surface area (Å²) in [5.74, 6) is -1.79. The van der Waals surface area contributed by atoms with Crippen molar-refractivity contribution >= 4 is 23.7 Å². The zero-order valence-corrected chi connectivity index (χ0v) is 20.0. The molecular formula is C26H27N3O7. The fourth-order valence-corrected chi connectivity index (χ4v) is 5.22. The molecule has 1 fully saturated rings. The van der Waals surface area contributed by atoms with E-state index in [1.54, 1.807) is 24.3 Å². The van der Waals surface area contributed by atoms with Gasteiger partial charge in [-0.3, -0.25) is 24.1 Å². The van der Waals surface area contributed by atoms with Gasteiger partial charge in [0.2, 0.25) is 5.91 Å². The largest absolute Gasteiger partial charge is 0.489 e. The third kappa shape index (κ3) is 4.16. The van der Waals surface area contributed by atoms with Crippen LogP contribution in [0.1, 0.15) is 62.5 Å². The Hall–Kier alpha value is -3.95. The Labute approximate surface area is 207 Å². The Bertz CT molecular complexity index is 1270. The molecule has 5 rings (SSSR count). The number of aromatic nitrogens is 1. The van der Waals surface area contributed by atoms with E-state index in [4.69, 9.17) is 9.47 Å². The Morgan fingerprint density at radius 2 is 1.64 bits per heavy atom. The van der Waals surface area contributed by atoms with Gasteiger partial charge in [0.15, 0.2) is 0 Å². The monoisotopic (exact) mass is 493 g/mol. The van der Waals surface area contributed by atoms with Crippen LogP contribution >= 0.6 is 0 Å². The minimum atomic E-state index is -0.599. The molecular weight excluding hydrogens is 466 g/mol. The van der Waals surface area contributed by atoms with Crippen molar-refractivity contribution in [2.45, 2.75) is 44.8 Å². The van der Waals surface area contributed by atoms with E-state index in [2.05, 4.69) is 0 Å². The van der Waals surface area contributed by atoms with Crippen LogP contribution in [0.4, 0.5) is 0 Å². The van der Waals surface area contributed by atoms with Crippen molar-refractivity contribution in [1.82, 2.24) is 14.4 Å². The van der Waals surface area contributed by atoms with Crippen molar-refractivity contribution in [2.24, 2.45) is 0 Å². The van der Waals surface area contributed by atoms with Crippen molar-refractivity contribution in [2.75, 3.05) is 26.7 Å². The molecule has 0 saturated heterocycles. The molecule has 10 heteroatoms. The zero-order valence-electron chi connectivity index (χ0n) is 20.0. The molecule has 3 amide bonds. The Kier molecular flexibility index (Phi) is 6.34. The summed E-state index contributed by atoms with van der Waals surface area (Å²) in [5, 5.41) is 0. The van der Waals surface area contributed by atoms with Gasteiger partial charge < -0.3 is 18.9 Å². The highest BCUT2D eigenvalue weighted by molar-refractivity contribution is 6.22. The number of amides is 3. The quantitative estimate of drug-likeness (QED) is 0.459. The summed E-state index contributed by atoms with van der Waals surface area (Å²) in [5.41, 5.74) is 0.905. The molecule has 1 aromatic carbocycles. The first-order valence-corrected chi connectivity index (χ1v) is 12.1. The van der Waals surface area contributed by atoms with Crippen LogP contribution in [0.2, 0.25) is 0 Å². The third-order valence-corrected chi connectivity index (χ3v) is 7.10. The SMILES string of the molecule is COC(=O)c1c(OC2CCCC2)cc(=O)n2c1CCN(C(=O)CN1C(=O)c3ccccc3C1=O)CC2. The molecule has 0 unspecified atom stereocenters. The highest BCUT2D eigenvalue weighted by Crippen LogP contribution is 2.29. The summed E-state index contributed by atoms with van der Waals surface area (Å²) in [4.78, 5) is 66.7. The van der Waals surface area contributed by atoms with Gasteiger partial charge in [0.1, 0.15) is 17.9 Å². The van der Waals surface area contributed by atoms with Crippen LogP contribution in [0.15, 0.2) is 35.1 Å². The Balaban J connectivity index is 1.37. The van der Waals surface area contributed by atoms with Gasteiger partial charge in [-0.2, -0.15) is 0 Å². The summed E-state index contributed by atoms with van der Waals surface area (Å²) >= 11 is 0. The van der Waals surface area contributed by atoms with Gasteiger partial charge in [-0.05, 0) is 37.8 Å². The molecule has 0 atom stereocenters. The molecule has 10 nitrogen and oxygen atoms in total. The summed E-state index contributed by atoms with van der Waals surface area (Å²) in [7, 11) is 1.28. The van der Waals surface area contributed by atoms with Crippen LogP contribution in [0, 0.1) is 0 Å². The number of ether oxygens (including phenoxy) is 2. The van der Waals surface area contributed by atoms with Gasteiger partial charge >= 0.3 is 5.97 Å². The second kappa shape index (κ2) is 9.60. The van der Waals surface area contributed by atoms with Crippen LogP contribution in [-0.2, 0) is 22.5 Å². The predicted molar refractivity (Wildman–Crippen MR) is 127 cm³/mol. The minimum absolute atomic E-state index is 0.0561. The molecule has 36 heavy (non-hydrogen) atoms. The van der Waals surface area contributed by atoms with Crippen LogP contribution in [0.25, 0.3) is 0 Å². The van der Waals surface area contributed by atoms with Gasteiger partial charge in [-0.25, -0.2) is 4.79 Å². The molecule has 0 spiro atoms. The number of esters is 1. The minimum Gasteiger partial charge on any atom is -0.489 e. The summed E-state index contributed by atoms with van der Waals surface area (Å²) in [6.45, 7) is 0.171. The maximum atomic E-state index is 13.1. The lowest BCUT2D eigenvalue weighted by Crippen LogP contribution is -2.43. The number of methoxy groups -OCH3 is 1. The molecule has 1 aliphatic carbocycles. The van der Waals surface area contributed by atoms with E-state index in [0.29, 0.717) is 5.69 Å². The zero-order chi connectivity index (χ0) is 25.4. The van der Waals surface area contributed by atoms with E-state index in [-0.39, 0.29) is 60.2 Å². The van der Waals surface area contributed by atoms with Gasteiger partial charge in [-0.1, -0.05) is 12.1 Å². The second-order valence-corrected chi connectivity index (χ2v) is 9.21. The highest BCUT2D eigenvalue weighted by atomic mass is 16.5. The highest BCUT2D eigenvalue weighted by Gasteiger charge is 2.37. The number of pyridine rings is 1. The molecule has 3 aliphatic rings. The lowest BCUT2D eigenvalue weighted by molar-refractivity contribution is -0.131. The maximum absolute atomic E-state index is 13.1. The maximum Gasteiger partial charge on any atom is 0.343 e. The normalized spacial score (nSPS) is 17.6. The van der Waals surface area contributed by atoms with Gasteiger partial charge in [0.25, 0.3) is 17.4 Å². The van der Waals surface area contributed by atoms with Crippen LogP contribution in [0.5, 0.6) is 5.75 Å². The van der Waals surface area contributed by atoms with Crippen molar-refractivity contribution < 1.29 is 28.7 Å². The van der Waals surface area contributed by atoms with Gasteiger partial charge in [0.05, 0.1) is 24.3 Å². The molecule has 0 N–H and O–H groups in total. The van der Waals surface area contributed by atoms with E-state index >= 15 is 0 Å². The van der Waals surface area contributed by atoms with Crippen LogP contribution in [-0.4, -0.2) is 70.9 Å². The first-order valence-electron chi connectivity index (χ1n) is 12.1. The number of rotatable bonds is 5. The second-order valence-electron chi connectivity index (χ2n) is 9.21. The average Bonchev–Trinajstić information content (AvgIpc) is 3.39. The number of hydrogen-bond donors (Lipinski definition) is 0. The first kappa shape index (κ1) is 23.8. The molecule has 1 aromatic heterocycles. The lowest BCUT2D eigenvalue weighted by atomic mass is 10.1. The van der Waals surface area contributed by atoms with Crippen molar-refractivity contribution in [3.63, 3.8) is 0 Å². The number of imide groups is 1. The first-order chi connectivity index (χ1) is 17.4. The number of hydrogen-bond acceptors (Lipinski definition) is 7. The Morgan fingerprint density at radius 3 is 2.28 bits per heavy atom. The molecule has 188 valence electrons. The van der Waals surface area contributed by atoms with E-state index in [0.717, 1.165) is 30.6 Å². The molecule has 1 saturated carbocycles. The van der Waals surface area contributed by atoms with E-state index in [1.165, 1.54) is 22.6 Å². The Morgan fingerprint density at radius 1 is 0.972 bits per heavy atom. The van der Waals surface area contributed by atoms with Crippen LogP contribution < -0.4 is 10.3 Å². The fourth-order valence-electron chi connectivity index (χ4n) is 5.22. The number of fused-ring (bicyclic) bond motifs is 2. The standard InChI is InChI=1S/C26H27N3O7/c1-35-26(34)23-19-10-11-27(12-13-28(19)21(30)14-20(23)36-16-6-2-3-7-16)22(31)15-29-24(32)17-8-4-5-9-18(17)25(29)33/h4-5,8-9,14,16H,2-3,6-7,10-13,15H2,1H3. The molecule has 2 aliphatic heterocycles. The third-order valence-electron chi connectivity index (χ3n) is 7.10. The van der Waals surface area contributed by atoms with Crippen LogP contribution in [0.3, 0.4) is 0 Å². The van der Waals surface area contributed by atoms with Crippen molar-refractivity contribution in [1.29, 1.82) is 0 Å². The topological polar surface area (TPSA) is 115 Å². The lowest BCUT2D eigenvalue weighted by Gasteiger charge is -2.22. The summed E-state index contributed by atoms with van der Waals surface area (Å²) in [6.07, 6.45) is 3.95. The molecule has 2 aromatic rings. The molecule has 0 bridgehead atoms. The van der Waals surface area contributed by atoms with E-state index in [1.807, 2.05) is 0 Å². The van der Waals surface area contributed by atoms with Crippen molar-refractivity contribution in [3.8, 4) is 5.75 Å². The van der Waals surface area contributed by atoms with E-state index < -0.39 is 30.2 Å². The smallest absolute Gasteiger partial charge is 0.343 e. The number of benzene rings is 1. The average molecular weight is 494 g/mol. The fraction of sp³-hybridized carbons (Fsp3) is 0.423. The number of nitrogens with zero attached hydrogens (tertiary/aromatic N) is 3. The number of carbonyl (C=O) groups is 4. The number of carbonyl (C=O) groups excluding carboxylic acids is 4. The summed E-state index contributed by atoms with van der Waals surface area (Å²) in [6, 6.07) is 7.79. The molecule has 3 heterocycles.